The fourth-order valence-electron chi connectivity index (χ4n) is 2.50. The maximum absolute atomic E-state index is 12.5. The number of carbonyl (C=O) groups is 1. The van der Waals surface area contributed by atoms with Gasteiger partial charge in [-0.2, -0.15) is 8.42 Å². The molecule has 0 aliphatic rings. The quantitative estimate of drug-likeness (QED) is 0.475. The average molecular weight is 513 g/mol. The van der Waals surface area contributed by atoms with Gasteiger partial charge in [-0.25, -0.2) is 18.5 Å². The maximum atomic E-state index is 12.5. The van der Waals surface area contributed by atoms with Gasteiger partial charge in [0.15, 0.2) is 9.34 Å². The lowest BCUT2D eigenvalue weighted by Crippen LogP contribution is -2.27. The SMILES string of the molecule is CCS(=O)(=O)O.Cc1nc(N(C)C(=O)Cc2ccc(-c3ccccn3)cc2)sc1S(N)(=O)=O. The molecule has 0 unspecified atom stereocenters. The van der Waals surface area contributed by atoms with Crippen molar-refractivity contribution in [1.82, 2.24) is 9.97 Å². The number of amides is 1. The Hall–Kier alpha value is -2.71. The van der Waals surface area contributed by atoms with Gasteiger partial charge in [-0.3, -0.25) is 19.2 Å². The minimum absolute atomic E-state index is 0.0307. The Labute approximate surface area is 196 Å². The molecule has 0 atom stereocenters. The van der Waals surface area contributed by atoms with E-state index in [2.05, 4.69) is 9.97 Å². The number of nitrogens with two attached hydrogens (primary N) is 1. The Morgan fingerprint density at radius 2 is 1.73 bits per heavy atom. The molecule has 1 amide bonds. The zero-order valence-electron chi connectivity index (χ0n) is 18.2. The van der Waals surface area contributed by atoms with Crippen LogP contribution in [-0.2, 0) is 31.4 Å². The van der Waals surface area contributed by atoms with E-state index in [1.807, 2.05) is 42.5 Å². The molecule has 3 N–H and O–H groups in total. The van der Waals surface area contributed by atoms with Crippen LogP contribution >= 0.6 is 11.3 Å². The van der Waals surface area contributed by atoms with Crippen LogP contribution in [0.3, 0.4) is 0 Å². The lowest BCUT2D eigenvalue weighted by atomic mass is 10.1. The number of carbonyl (C=O) groups excluding carboxylic acids is 1. The summed E-state index contributed by atoms with van der Waals surface area (Å²) in [7, 11) is -5.95. The molecule has 33 heavy (non-hydrogen) atoms. The van der Waals surface area contributed by atoms with Crippen molar-refractivity contribution >= 4 is 42.5 Å². The van der Waals surface area contributed by atoms with Crippen molar-refractivity contribution in [3.63, 3.8) is 0 Å². The molecule has 2 aromatic heterocycles. The number of sulfonamides is 1. The summed E-state index contributed by atoms with van der Waals surface area (Å²) in [5, 5.41) is 5.46. The molecule has 0 saturated carbocycles. The van der Waals surface area contributed by atoms with Gasteiger partial charge in [0.2, 0.25) is 15.9 Å². The molecular weight excluding hydrogens is 488 g/mol. The standard InChI is InChI=1S/C18H18N4O3S2.C2H6O3S/c1-12-17(27(19,24)25)26-18(21-12)22(2)16(23)11-13-6-8-14(9-7-13)15-5-3-4-10-20-15;1-2-6(3,4)5/h3-10H,11H2,1-2H3,(H2,19,24,25);2H2,1H3,(H,3,4,5). The number of primary sulfonamides is 1. The van der Waals surface area contributed by atoms with E-state index in [4.69, 9.17) is 9.69 Å². The van der Waals surface area contributed by atoms with Crippen molar-refractivity contribution in [2.75, 3.05) is 17.7 Å². The molecule has 0 aliphatic carbocycles. The van der Waals surface area contributed by atoms with Crippen LogP contribution < -0.4 is 10.0 Å². The second-order valence-corrected chi connectivity index (χ2v) is 11.3. The molecule has 2 heterocycles. The summed E-state index contributed by atoms with van der Waals surface area (Å²) in [6.45, 7) is 2.92. The number of hydrogen-bond acceptors (Lipinski definition) is 8. The third-order valence-electron chi connectivity index (χ3n) is 4.30. The van der Waals surface area contributed by atoms with E-state index in [9.17, 15) is 21.6 Å². The Balaban J connectivity index is 0.000000569. The fraction of sp³-hybridized carbons (Fsp3) is 0.250. The zero-order valence-corrected chi connectivity index (χ0v) is 20.6. The number of aromatic nitrogens is 2. The van der Waals surface area contributed by atoms with Crippen LogP contribution in [0, 0.1) is 6.92 Å². The highest BCUT2D eigenvalue weighted by atomic mass is 32.2. The largest absolute Gasteiger partial charge is 0.291 e. The number of benzene rings is 1. The van der Waals surface area contributed by atoms with Gasteiger partial charge >= 0.3 is 0 Å². The lowest BCUT2D eigenvalue weighted by molar-refractivity contribution is -0.117. The predicted octanol–water partition coefficient (Wildman–Crippen LogP) is 2.26. The molecule has 0 saturated heterocycles. The van der Waals surface area contributed by atoms with Crippen LogP contribution in [0.15, 0.2) is 52.9 Å². The Bertz CT molecular complexity index is 1310. The summed E-state index contributed by atoms with van der Waals surface area (Å²) < 4.78 is 50.0. The van der Waals surface area contributed by atoms with Crippen molar-refractivity contribution in [3.05, 3.63) is 59.9 Å². The average Bonchev–Trinajstić information content (AvgIpc) is 3.16. The molecule has 10 nitrogen and oxygen atoms in total. The Morgan fingerprint density at radius 1 is 1.12 bits per heavy atom. The summed E-state index contributed by atoms with van der Waals surface area (Å²) in [6, 6.07) is 13.3. The van der Waals surface area contributed by atoms with Crippen molar-refractivity contribution in [3.8, 4) is 11.3 Å². The van der Waals surface area contributed by atoms with Crippen LogP contribution in [0.4, 0.5) is 5.13 Å². The molecule has 178 valence electrons. The first-order valence-corrected chi connectivity index (χ1v) is 13.5. The number of anilines is 1. The Morgan fingerprint density at radius 3 is 2.18 bits per heavy atom. The molecular formula is C20H24N4O6S3. The number of hydrogen-bond donors (Lipinski definition) is 2. The first kappa shape index (κ1) is 26.5. The summed E-state index contributed by atoms with van der Waals surface area (Å²) in [5.41, 5.74) is 2.96. The van der Waals surface area contributed by atoms with Crippen LogP contribution in [0.5, 0.6) is 0 Å². The van der Waals surface area contributed by atoms with Crippen LogP contribution in [0.2, 0.25) is 0 Å². The van der Waals surface area contributed by atoms with Gasteiger partial charge in [0.25, 0.3) is 10.1 Å². The minimum Gasteiger partial charge on any atom is -0.291 e. The number of rotatable bonds is 6. The summed E-state index contributed by atoms with van der Waals surface area (Å²) >= 11 is 0.886. The van der Waals surface area contributed by atoms with Crippen molar-refractivity contribution in [2.24, 2.45) is 5.14 Å². The van der Waals surface area contributed by atoms with Crippen LogP contribution in [0.1, 0.15) is 18.2 Å². The first-order chi connectivity index (χ1) is 15.3. The molecule has 3 aromatic rings. The van der Waals surface area contributed by atoms with E-state index in [1.165, 1.54) is 11.8 Å². The monoisotopic (exact) mass is 512 g/mol. The number of thiazole rings is 1. The van der Waals surface area contributed by atoms with Crippen molar-refractivity contribution in [1.29, 1.82) is 0 Å². The lowest BCUT2D eigenvalue weighted by Gasteiger charge is -2.13. The molecule has 1 aromatic carbocycles. The summed E-state index contributed by atoms with van der Waals surface area (Å²) in [6.07, 6.45) is 1.90. The number of likely N-dealkylation sites (N-methyl/N-ethyl adjacent to an activating group) is 1. The highest BCUT2D eigenvalue weighted by molar-refractivity contribution is 7.91. The van der Waals surface area contributed by atoms with Gasteiger partial charge in [-0.1, -0.05) is 41.7 Å². The molecule has 0 radical (unpaired) electrons. The number of aryl methyl sites for hydroxylation is 1. The smallest absolute Gasteiger partial charge is 0.264 e. The molecule has 13 heteroatoms. The maximum Gasteiger partial charge on any atom is 0.264 e. The van der Waals surface area contributed by atoms with E-state index >= 15 is 0 Å². The molecule has 0 bridgehead atoms. The van der Waals surface area contributed by atoms with Crippen LogP contribution in [-0.4, -0.2) is 50.1 Å². The summed E-state index contributed by atoms with van der Waals surface area (Å²) in [4.78, 5) is 22.3. The third-order valence-corrected chi connectivity index (χ3v) is 7.81. The van der Waals surface area contributed by atoms with Gasteiger partial charge < -0.3 is 0 Å². The van der Waals surface area contributed by atoms with E-state index in [1.54, 1.807) is 20.2 Å². The number of pyridine rings is 1. The van der Waals surface area contributed by atoms with E-state index in [-0.39, 0.29) is 28.0 Å². The number of nitrogens with zero attached hydrogens (tertiary/aromatic N) is 3. The first-order valence-electron chi connectivity index (χ1n) is 9.54. The highest BCUT2D eigenvalue weighted by Gasteiger charge is 2.22. The van der Waals surface area contributed by atoms with Gasteiger partial charge in [0.05, 0.1) is 23.6 Å². The molecule has 0 spiro atoms. The van der Waals surface area contributed by atoms with Gasteiger partial charge in [-0.05, 0) is 31.5 Å². The highest BCUT2D eigenvalue weighted by Crippen LogP contribution is 2.28. The van der Waals surface area contributed by atoms with E-state index in [0.717, 1.165) is 28.2 Å². The van der Waals surface area contributed by atoms with Crippen LogP contribution in [0.25, 0.3) is 11.3 Å². The van der Waals surface area contributed by atoms with Gasteiger partial charge in [0.1, 0.15) is 0 Å². The second kappa shape index (κ2) is 10.9. The molecule has 3 rings (SSSR count). The Kier molecular flexibility index (Phi) is 8.80. The third kappa shape index (κ3) is 7.98. The van der Waals surface area contributed by atoms with Crippen molar-refractivity contribution < 1.29 is 26.2 Å². The normalized spacial score (nSPS) is 11.4. The molecule has 0 fully saturated rings. The fourth-order valence-corrected chi connectivity index (χ4v) is 4.43. The summed E-state index contributed by atoms with van der Waals surface area (Å²) in [5.74, 6) is -0.400. The topological polar surface area (TPSA) is 161 Å². The second-order valence-electron chi connectivity index (χ2n) is 6.83. The zero-order chi connectivity index (χ0) is 24.8. The minimum atomic E-state index is -3.85. The van der Waals surface area contributed by atoms with Crippen molar-refractivity contribution in [2.45, 2.75) is 24.5 Å². The molecule has 0 aliphatic heterocycles. The van der Waals surface area contributed by atoms with Gasteiger partial charge in [0, 0.05) is 18.8 Å². The van der Waals surface area contributed by atoms with E-state index in [0.29, 0.717) is 5.13 Å². The predicted molar refractivity (Wildman–Crippen MR) is 127 cm³/mol. The van der Waals surface area contributed by atoms with E-state index < -0.39 is 20.1 Å². The van der Waals surface area contributed by atoms with Gasteiger partial charge in [-0.15, -0.1) is 0 Å².